The molecule has 0 atom stereocenters. The SMILES string of the molecule is CC.O=C(O)c1cc(Cl)ccc1NCCCC(F)(F)F. The van der Waals surface area contributed by atoms with E-state index in [0.29, 0.717) is 0 Å². The van der Waals surface area contributed by atoms with Crippen molar-refractivity contribution in [3.63, 3.8) is 0 Å². The summed E-state index contributed by atoms with van der Waals surface area (Å²) in [6, 6.07) is 4.15. The van der Waals surface area contributed by atoms with Crippen LogP contribution in [0.2, 0.25) is 5.02 Å². The Morgan fingerprint density at radius 1 is 1.35 bits per heavy atom. The summed E-state index contributed by atoms with van der Waals surface area (Å²) >= 11 is 5.64. The van der Waals surface area contributed by atoms with E-state index in [1.54, 1.807) is 0 Å². The number of nitrogens with one attached hydrogen (secondary N) is 1. The first-order valence-electron chi connectivity index (χ1n) is 6.13. The normalized spacial score (nSPS) is 10.5. The monoisotopic (exact) mass is 311 g/mol. The molecule has 1 rings (SSSR count). The predicted octanol–water partition coefficient (Wildman–Crippen LogP) is 4.82. The minimum atomic E-state index is -4.20. The summed E-state index contributed by atoms with van der Waals surface area (Å²) < 4.78 is 35.7. The van der Waals surface area contributed by atoms with Gasteiger partial charge in [-0.15, -0.1) is 0 Å². The van der Waals surface area contributed by atoms with Crippen molar-refractivity contribution in [3.8, 4) is 0 Å². The molecular formula is C13H17ClF3NO2. The van der Waals surface area contributed by atoms with Crippen LogP contribution in [-0.2, 0) is 0 Å². The Balaban J connectivity index is 0.00000172. The van der Waals surface area contributed by atoms with Gasteiger partial charge in [0.1, 0.15) is 0 Å². The van der Waals surface area contributed by atoms with Crippen molar-refractivity contribution in [2.24, 2.45) is 0 Å². The van der Waals surface area contributed by atoms with E-state index in [9.17, 15) is 18.0 Å². The van der Waals surface area contributed by atoms with Crippen molar-refractivity contribution in [2.75, 3.05) is 11.9 Å². The lowest BCUT2D eigenvalue weighted by atomic mass is 10.1. The molecule has 1 aromatic rings. The highest BCUT2D eigenvalue weighted by Crippen LogP contribution is 2.23. The van der Waals surface area contributed by atoms with Gasteiger partial charge in [-0.3, -0.25) is 0 Å². The van der Waals surface area contributed by atoms with Crippen LogP contribution in [0.4, 0.5) is 18.9 Å². The highest BCUT2D eigenvalue weighted by atomic mass is 35.5. The number of hydrogen-bond donors (Lipinski definition) is 2. The van der Waals surface area contributed by atoms with E-state index in [1.807, 2.05) is 13.8 Å². The van der Waals surface area contributed by atoms with Crippen molar-refractivity contribution in [3.05, 3.63) is 28.8 Å². The summed E-state index contributed by atoms with van der Waals surface area (Å²) in [6.45, 7) is 4.04. The van der Waals surface area contributed by atoms with Crippen LogP contribution in [0.5, 0.6) is 0 Å². The van der Waals surface area contributed by atoms with E-state index in [4.69, 9.17) is 16.7 Å². The third kappa shape index (κ3) is 7.23. The lowest BCUT2D eigenvalue weighted by molar-refractivity contribution is -0.134. The average Bonchev–Trinajstić information content (AvgIpc) is 2.37. The van der Waals surface area contributed by atoms with Gasteiger partial charge in [0.05, 0.1) is 5.56 Å². The van der Waals surface area contributed by atoms with Gasteiger partial charge < -0.3 is 10.4 Å². The maximum atomic E-state index is 11.9. The van der Waals surface area contributed by atoms with E-state index in [0.717, 1.165) is 0 Å². The predicted molar refractivity (Wildman–Crippen MR) is 73.5 cm³/mol. The highest BCUT2D eigenvalue weighted by molar-refractivity contribution is 6.31. The number of carbonyl (C=O) groups is 1. The fourth-order valence-electron chi connectivity index (χ4n) is 1.36. The van der Waals surface area contributed by atoms with Gasteiger partial charge in [-0.1, -0.05) is 25.4 Å². The van der Waals surface area contributed by atoms with Gasteiger partial charge in [0.15, 0.2) is 0 Å². The maximum absolute atomic E-state index is 11.9. The largest absolute Gasteiger partial charge is 0.478 e. The Hall–Kier alpha value is -1.43. The number of aromatic carboxylic acids is 1. The number of carboxylic acid groups (broad SMARTS) is 1. The molecule has 0 bridgehead atoms. The fraction of sp³-hybridized carbons (Fsp3) is 0.462. The second-order valence-electron chi connectivity index (χ2n) is 3.64. The number of hydrogen-bond acceptors (Lipinski definition) is 2. The van der Waals surface area contributed by atoms with Crippen LogP contribution < -0.4 is 5.32 Å². The molecule has 1 aromatic carbocycles. The molecule has 0 saturated carbocycles. The molecule has 0 aliphatic heterocycles. The lowest BCUT2D eigenvalue weighted by Crippen LogP contribution is -2.12. The van der Waals surface area contributed by atoms with Crippen LogP contribution in [0.25, 0.3) is 0 Å². The molecule has 2 N–H and O–H groups in total. The van der Waals surface area contributed by atoms with Crippen LogP contribution in [0.3, 0.4) is 0 Å². The van der Waals surface area contributed by atoms with Crippen molar-refractivity contribution in [1.29, 1.82) is 0 Å². The summed E-state index contributed by atoms with van der Waals surface area (Å²) in [7, 11) is 0. The maximum Gasteiger partial charge on any atom is 0.389 e. The van der Waals surface area contributed by atoms with Gasteiger partial charge in [-0.25, -0.2) is 4.79 Å². The number of alkyl halides is 3. The van der Waals surface area contributed by atoms with Gasteiger partial charge >= 0.3 is 12.1 Å². The molecule has 0 heterocycles. The number of anilines is 1. The van der Waals surface area contributed by atoms with Crippen LogP contribution >= 0.6 is 11.6 Å². The molecular weight excluding hydrogens is 295 g/mol. The molecule has 0 spiro atoms. The molecule has 0 unspecified atom stereocenters. The fourth-order valence-corrected chi connectivity index (χ4v) is 1.53. The Bertz CT molecular complexity index is 436. The molecule has 0 radical (unpaired) electrons. The third-order valence-electron chi connectivity index (χ3n) is 2.16. The first-order valence-corrected chi connectivity index (χ1v) is 6.51. The summed E-state index contributed by atoms with van der Waals surface area (Å²) in [5.74, 6) is -1.18. The van der Waals surface area contributed by atoms with Gasteiger partial charge in [-0.2, -0.15) is 13.2 Å². The van der Waals surface area contributed by atoms with Crippen molar-refractivity contribution >= 4 is 23.3 Å². The molecule has 0 aliphatic rings. The molecule has 0 fully saturated rings. The minimum absolute atomic E-state index is 0.0431. The molecule has 3 nitrogen and oxygen atoms in total. The average molecular weight is 312 g/mol. The Morgan fingerprint density at radius 3 is 2.45 bits per heavy atom. The molecule has 0 saturated heterocycles. The molecule has 114 valence electrons. The first kappa shape index (κ1) is 18.6. The van der Waals surface area contributed by atoms with Gasteiger partial charge in [-0.05, 0) is 24.6 Å². The van der Waals surface area contributed by atoms with Crippen molar-refractivity contribution in [1.82, 2.24) is 0 Å². The Morgan fingerprint density at radius 2 is 1.95 bits per heavy atom. The standard InChI is InChI=1S/C11H11ClF3NO2.C2H6/c12-7-2-3-9(8(6-7)10(17)18)16-5-1-4-11(13,14)15;1-2/h2-3,6,16H,1,4-5H2,(H,17,18);1-2H3. The molecule has 0 aromatic heterocycles. The summed E-state index contributed by atoms with van der Waals surface area (Å²) in [5, 5.41) is 11.8. The summed E-state index contributed by atoms with van der Waals surface area (Å²) in [6.07, 6.45) is -5.22. The van der Waals surface area contributed by atoms with E-state index in [-0.39, 0.29) is 29.2 Å². The summed E-state index contributed by atoms with van der Waals surface area (Å²) in [4.78, 5) is 10.9. The zero-order valence-electron chi connectivity index (χ0n) is 11.2. The minimum Gasteiger partial charge on any atom is -0.478 e. The lowest BCUT2D eigenvalue weighted by Gasteiger charge is -2.10. The second kappa shape index (κ2) is 8.68. The number of benzene rings is 1. The third-order valence-corrected chi connectivity index (χ3v) is 2.40. The van der Waals surface area contributed by atoms with Crippen LogP contribution in [0.15, 0.2) is 18.2 Å². The van der Waals surface area contributed by atoms with Crippen molar-refractivity contribution < 1.29 is 23.1 Å². The van der Waals surface area contributed by atoms with Gasteiger partial charge in [0, 0.05) is 23.7 Å². The number of carboxylic acids is 1. The van der Waals surface area contributed by atoms with E-state index >= 15 is 0 Å². The van der Waals surface area contributed by atoms with E-state index in [2.05, 4.69) is 5.32 Å². The van der Waals surface area contributed by atoms with Crippen molar-refractivity contribution in [2.45, 2.75) is 32.9 Å². The van der Waals surface area contributed by atoms with Crippen LogP contribution in [0, 0.1) is 0 Å². The second-order valence-corrected chi connectivity index (χ2v) is 4.08. The zero-order valence-corrected chi connectivity index (χ0v) is 12.0. The Labute approximate surface area is 120 Å². The zero-order chi connectivity index (χ0) is 15.8. The van der Waals surface area contributed by atoms with Gasteiger partial charge in [0.25, 0.3) is 0 Å². The van der Waals surface area contributed by atoms with E-state index in [1.165, 1.54) is 18.2 Å². The summed E-state index contributed by atoms with van der Waals surface area (Å²) in [5.41, 5.74) is 0.198. The topological polar surface area (TPSA) is 49.3 Å². The van der Waals surface area contributed by atoms with Crippen LogP contribution in [-0.4, -0.2) is 23.8 Å². The smallest absolute Gasteiger partial charge is 0.389 e. The number of halogens is 4. The Kier molecular flexibility index (Phi) is 8.06. The molecule has 20 heavy (non-hydrogen) atoms. The van der Waals surface area contributed by atoms with E-state index < -0.39 is 18.6 Å². The molecule has 7 heteroatoms. The quantitative estimate of drug-likeness (QED) is 0.767. The van der Waals surface area contributed by atoms with Crippen LogP contribution in [0.1, 0.15) is 37.0 Å². The van der Waals surface area contributed by atoms with Gasteiger partial charge in [0.2, 0.25) is 0 Å². The highest BCUT2D eigenvalue weighted by Gasteiger charge is 2.25. The molecule has 0 amide bonds. The first-order chi connectivity index (χ1) is 9.29. The number of rotatable bonds is 5. The molecule has 0 aliphatic carbocycles.